The molecule has 0 amide bonds. The number of phenols is 1. The molecule has 0 radical (unpaired) electrons. The van der Waals surface area contributed by atoms with E-state index in [1.807, 2.05) is 6.08 Å². The van der Waals surface area contributed by atoms with Gasteiger partial charge in [-0.15, -0.1) is 6.58 Å². The first-order chi connectivity index (χ1) is 14.0. The monoisotopic (exact) mass is 406 g/mol. The molecule has 4 fully saturated rings. The molecule has 0 aromatic heterocycles. The van der Waals surface area contributed by atoms with Crippen LogP contribution in [0.4, 0.5) is 0 Å². The summed E-state index contributed by atoms with van der Waals surface area (Å²) < 4.78 is 0. The van der Waals surface area contributed by atoms with Crippen LogP contribution < -0.4 is 0 Å². The number of hydrogen-bond acceptors (Lipinski definition) is 1. The average molecular weight is 407 g/mol. The van der Waals surface area contributed by atoms with Gasteiger partial charge in [-0.05, 0) is 107 Å². The molecule has 0 spiro atoms. The molecule has 0 aliphatic heterocycles. The van der Waals surface area contributed by atoms with Gasteiger partial charge in [0.15, 0.2) is 0 Å². The number of rotatable bonds is 4. The molecule has 4 aliphatic rings. The van der Waals surface area contributed by atoms with Crippen LogP contribution in [-0.2, 0) is 6.42 Å². The zero-order valence-electron chi connectivity index (χ0n) is 20.1. The molecule has 0 saturated heterocycles. The van der Waals surface area contributed by atoms with Crippen LogP contribution in [-0.4, -0.2) is 5.11 Å². The molecule has 4 saturated carbocycles. The summed E-state index contributed by atoms with van der Waals surface area (Å²) in [6.07, 6.45) is 10.7. The zero-order valence-corrected chi connectivity index (χ0v) is 20.1. The van der Waals surface area contributed by atoms with Crippen molar-refractivity contribution in [2.45, 2.75) is 98.3 Å². The van der Waals surface area contributed by atoms with Gasteiger partial charge in [0.25, 0.3) is 0 Å². The molecule has 5 rings (SSSR count). The molecule has 164 valence electrons. The van der Waals surface area contributed by atoms with E-state index in [1.54, 1.807) is 0 Å². The van der Waals surface area contributed by atoms with Crippen molar-refractivity contribution in [3.63, 3.8) is 0 Å². The van der Waals surface area contributed by atoms with E-state index < -0.39 is 0 Å². The van der Waals surface area contributed by atoms with Crippen molar-refractivity contribution in [2.24, 2.45) is 33.5 Å². The third-order valence-electron chi connectivity index (χ3n) is 11.9. The Morgan fingerprint density at radius 1 is 0.867 bits per heavy atom. The summed E-state index contributed by atoms with van der Waals surface area (Å²) >= 11 is 0. The fourth-order valence-electron chi connectivity index (χ4n) is 8.91. The van der Waals surface area contributed by atoms with Crippen molar-refractivity contribution in [3.05, 3.63) is 41.5 Å². The SMILES string of the molecule is C=CCc1cc(C2CC3CCC2(C)C3(C)C)c(O)c(C2CC3CCC2(C)C3(C)C)c1. The Labute approximate surface area is 184 Å². The summed E-state index contributed by atoms with van der Waals surface area (Å²) in [5, 5.41) is 11.8. The Morgan fingerprint density at radius 3 is 1.60 bits per heavy atom. The molecule has 1 heteroatoms. The third-order valence-corrected chi connectivity index (χ3v) is 11.9. The number of allylic oxidation sites excluding steroid dienone is 1. The minimum absolute atomic E-state index is 0.289. The van der Waals surface area contributed by atoms with E-state index in [9.17, 15) is 5.11 Å². The standard InChI is InChI=1S/C29H42O/c1-8-9-18-14-21(23-16-19-10-12-28(23,6)26(19,2)3)25(30)22(15-18)24-17-20-11-13-29(24,7)27(20,4)5/h8,14-15,19-20,23-24,30H,1,9-13,16-17H2,2-7H3. The van der Waals surface area contributed by atoms with Crippen molar-refractivity contribution >= 4 is 0 Å². The molecule has 4 bridgehead atoms. The Bertz CT molecular complexity index is 827. The van der Waals surface area contributed by atoms with E-state index >= 15 is 0 Å². The van der Waals surface area contributed by atoms with Crippen LogP contribution in [0.2, 0.25) is 0 Å². The van der Waals surface area contributed by atoms with Crippen molar-refractivity contribution in [3.8, 4) is 5.75 Å². The van der Waals surface area contributed by atoms with Gasteiger partial charge in [0, 0.05) is 0 Å². The Balaban J connectivity index is 1.63. The lowest BCUT2D eigenvalue weighted by Gasteiger charge is -2.42. The van der Waals surface area contributed by atoms with Crippen molar-refractivity contribution in [1.82, 2.24) is 0 Å². The smallest absolute Gasteiger partial charge is 0.122 e. The number of aromatic hydroxyl groups is 1. The molecule has 1 N–H and O–H groups in total. The maximum Gasteiger partial charge on any atom is 0.122 e. The summed E-state index contributed by atoms with van der Waals surface area (Å²) in [6.45, 7) is 19.0. The second-order valence-corrected chi connectivity index (χ2v) is 12.9. The van der Waals surface area contributed by atoms with Crippen LogP contribution in [0.3, 0.4) is 0 Å². The summed E-state index contributed by atoms with van der Waals surface area (Å²) in [5.74, 6) is 3.19. The van der Waals surface area contributed by atoms with Gasteiger partial charge in [-0.25, -0.2) is 0 Å². The van der Waals surface area contributed by atoms with Crippen LogP contribution in [0.15, 0.2) is 24.8 Å². The second-order valence-electron chi connectivity index (χ2n) is 12.9. The number of benzene rings is 1. The van der Waals surface area contributed by atoms with E-state index in [2.05, 4.69) is 60.3 Å². The highest BCUT2D eigenvalue weighted by atomic mass is 16.3. The maximum atomic E-state index is 11.8. The third kappa shape index (κ3) is 2.31. The molecule has 30 heavy (non-hydrogen) atoms. The number of fused-ring (bicyclic) bond motifs is 4. The predicted octanol–water partition coefficient (Wildman–Crippen LogP) is 7.98. The molecular weight excluding hydrogens is 364 g/mol. The van der Waals surface area contributed by atoms with Crippen LogP contribution >= 0.6 is 0 Å². The van der Waals surface area contributed by atoms with Crippen LogP contribution in [0.1, 0.15) is 109 Å². The summed E-state index contributed by atoms with van der Waals surface area (Å²) in [5.41, 5.74) is 5.16. The second kappa shape index (κ2) is 6.17. The normalized spacial score (nSPS) is 42.7. The van der Waals surface area contributed by atoms with Gasteiger partial charge in [-0.2, -0.15) is 0 Å². The summed E-state index contributed by atoms with van der Waals surface area (Å²) in [4.78, 5) is 0. The van der Waals surface area contributed by atoms with Crippen molar-refractivity contribution in [2.75, 3.05) is 0 Å². The highest BCUT2D eigenvalue weighted by molar-refractivity contribution is 5.51. The Kier molecular flexibility index (Phi) is 4.25. The minimum atomic E-state index is 0.289. The van der Waals surface area contributed by atoms with E-state index in [-0.39, 0.29) is 10.8 Å². The lowest BCUT2D eigenvalue weighted by Crippen LogP contribution is -2.32. The van der Waals surface area contributed by atoms with Crippen LogP contribution in [0.25, 0.3) is 0 Å². The molecule has 6 atom stereocenters. The minimum Gasteiger partial charge on any atom is -0.507 e. The Hall–Kier alpha value is -1.24. The van der Waals surface area contributed by atoms with Crippen LogP contribution in [0, 0.1) is 33.5 Å². The molecule has 1 nitrogen and oxygen atoms in total. The first-order valence-electron chi connectivity index (χ1n) is 12.4. The van der Waals surface area contributed by atoms with E-state index in [0.717, 1.165) is 18.3 Å². The fourth-order valence-corrected chi connectivity index (χ4v) is 8.91. The zero-order chi connectivity index (χ0) is 21.7. The van der Waals surface area contributed by atoms with Crippen molar-refractivity contribution in [1.29, 1.82) is 0 Å². The first-order valence-corrected chi connectivity index (χ1v) is 12.4. The van der Waals surface area contributed by atoms with Gasteiger partial charge in [0.2, 0.25) is 0 Å². The molecule has 0 heterocycles. The fraction of sp³-hybridized carbons (Fsp3) is 0.724. The van der Waals surface area contributed by atoms with Gasteiger partial charge in [-0.1, -0.05) is 59.8 Å². The van der Waals surface area contributed by atoms with Gasteiger partial charge >= 0.3 is 0 Å². The van der Waals surface area contributed by atoms with Crippen LogP contribution in [0.5, 0.6) is 5.75 Å². The molecule has 4 aliphatic carbocycles. The lowest BCUT2D eigenvalue weighted by atomic mass is 9.63. The quantitative estimate of drug-likeness (QED) is 0.502. The molecule has 1 aromatic rings. The largest absolute Gasteiger partial charge is 0.507 e. The topological polar surface area (TPSA) is 20.2 Å². The highest BCUT2D eigenvalue weighted by Crippen LogP contribution is 2.74. The van der Waals surface area contributed by atoms with Gasteiger partial charge in [-0.3, -0.25) is 0 Å². The van der Waals surface area contributed by atoms with Gasteiger partial charge in [0.1, 0.15) is 5.75 Å². The highest BCUT2D eigenvalue weighted by Gasteiger charge is 2.63. The van der Waals surface area contributed by atoms with Gasteiger partial charge in [0.05, 0.1) is 0 Å². The molecular formula is C29H42O. The number of hydrogen-bond donors (Lipinski definition) is 1. The molecule has 1 aromatic carbocycles. The van der Waals surface area contributed by atoms with E-state index in [0.29, 0.717) is 28.4 Å². The summed E-state index contributed by atoms with van der Waals surface area (Å²) in [6, 6.07) is 4.68. The number of phenolic OH excluding ortho intramolecular Hbond substituents is 1. The Morgan fingerprint density at radius 2 is 1.30 bits per heavy atom. The van der Waals surface area contributed by atoms with E-state index in [1.165, 1.54) is 55.2 Å². The predicted molar refractivity (Wildman–Crippen MR) is 126 cm³/mol. The first kappa shape index (κ1) is 20.7. The average Bonchev–Trinajstić information content (AvgIpc) is 3.20. The lowest BCUT2D eigenvalue weighted by molar-refractivity contribution is 0.130. The van der Waals surface area contributed by atoms with Crippen molar-refractivity contribution < 1.29 is 5.11 Å². The molecule has 6 unspecified atom stereocenters. The summed E-state index contributed by atoms with van der Waals surface area (Å²) in [7, 11) is 0. The maximum absolute atomic E-state index is 11.8. The van der Waals surface area contributed by atoms with E-state index in [4.69, 9.17) is 0 Å². The van der Waals surface area contributed by atoms with Gasteiger partial charge < -0.3 is 5.11 Å².